The zero-order chi connectivity index (χ0) is 16.4. The van der Waals surface area contributed by atoms with Crippen LogP contribution in [-0.2, 0) is 6.54 Å². The summed E-state index contributed by atoms with van der Waals surface area (Å²) in [6.07, 6.45) is 0. The molecule has 22 heavy (non-hydrogen) atoms. The largest absolute Gasteiger partial charge is 0.354 e. The number of ketones is 1. The molecule has 0 aliphatic carbocycles. The van der Waals surface area contributed by atoms with Gasteiger partial charge in [-0.25, -0.2) is 0 Å². The van der Waals surface area contributed by atoms with Crippen molar-refractivity contribution in [1.29, 1.82) is 0 Å². The summed E-state index contributed by atoms with van der Waals surface area (Å²) in [5.74, 6) is -0.142. The van der Waals surface area contributed by atoms with E-state index in [2.05, 4.69) is 20.9 Å². The lowest BCUT2D eigenvalue weighted by molar-refractivity contribution is 0.0779. The third-order valence-corrected chi connectivity index (χ3v) is 4.21. The van der Waals surface area contributed by atoms with Crippen molar-refractivity contribution < 1.29 is 9.59 Å². The van der Waals surface area contributed by atoms with Crippen LogP contribution in [0.15, 0.2) is 28.7 Å². The molecular weight excluding hydrogens is 344 g/mol. The summed E-state index contributed by atoms with van der Waals surface area (Å²) < 4.78 is 1.01. The van der Waals surface area contributed by atoms with Gasteiger partial charge in [-0.2, -0.15) is 0 Å². The maximum absolute atomic E-state index is 12.6. The van der Waals surface area contributed by atoms with Crippen molar-refractivity contribution in [3.63, 3.8) is 0 Å². The molecule has 1 amide bonds. The molecule has 0 radical (unpaired) electrons. The second kappa shape index (κ2) is 6.48. The summed E-state index contributed by atoms with van der Waals surface area (Å²) >= 11 is 3.39. The zero-order valence-corrected chi connectivity index (χ0v) is 14.7. The molecule has 1 aromatic heterocycles. The van der Waals surface area contributed by atoms with Crippen LogP contribution in [0.5, 0.6) is 0 Å². The molecule has 4 nitrogen and oxygen atoms in total. The Morgan fingerprint density at radius 2 is 1.77 bits per heavy atom. The van der Waals surface area contributed by atoms with Gasteiger partial charge in [0.2, 0.25) is 0 Å². The highest BCUT2D eigenvalue weighted by atomic mass is 79.9. The van der Waals surface area contributed by atoms with Crippen molar-refractivity contribution >= 4 is 27.6 Å². The maximum atomic E-state index is 12.6. The number of rotatable bonds is 4. The SMILES string of the molecule is CC(=O)c1c(C)[nH]c(C(=O)N(C)Cc2ccc(Br)cc2)c1C. The second-order valence-corrected chi connectivity index (χ2v) is 6.38. The Balaban J connectivity index is 2.22. The molecule has 0 aliphatic heterocycles. The summed E-state index contributed by atoms with van der Waals surface area (Å²) in [4.78, 5) is 29.0. The molecule has 0 fully saturated rings. The van der Waals surface area contributed by atoms with Gasteiger partial charge in [0.15, 0.2) is 5.78 Å². The first-order chi connectivity index (χ1) is 10.3. The van der Waals surface area contributed by atoms with Crippen molar-refractivity contribution in [3.05, 3.63) is 56.8 Å². The van der Waals surface area contributed by atoms with Gasteiger partial charge < -0.3 is 9.88 Å². The van der Waals surface area contributed by atoms with E-state index in [9.17, 15) is 9.59 Å². The first kappa shape index (κ1) is 16.5. The lowest BCUT2D eigenvalue weighted by atomic mass is 10.1. The summed E-state index contributed by atoms with van der Waals surface area (Å²) in [6, 6.07) is 7.85. The average molecular weight is 363 g/mol. The number of carbonyl (C=O) groups is 2. The third kappa shape index (κ3) is 3.30. The monoisotopic (exact) mass is 362 g/mol. The van der Waals surface area contributed by atoms with Crippen LogP contribution in [0.25, 0.3) is 0 Å². The number of carbonyl (C=O) groups excluding carboxylic acids is 2. The van der Waals surface area contributed by atoms with Crippen molar-refractivity contribution in [2.75, 3.05) is 7.05 Å². The average Bonchev–Trinajstić information content (AvgIpc) is 2.75. The normalized spacial score (nSPS) is 10.6. The number of aryl methyl sites for hydroxylation is 1. The highest BCUT2D eigenvalue weighted by molar-refractivity contribution is 9.10. The maximum Gasteiger partial charge on any atom is 0.270 e. The van der Waals surface area contributed by atoms with Crippen molar-refractivity contribution in [2.45, 2.75) is 27.3 Å². The Morgan fingerprint density at radius 3 is 2.27 bits per heavy atom. The van der Waals surface area contributed by atoms with Crippen LogP contribution >= 0.6 is 15.9 Å². The van der Waals surface area contributed by atoms with E-state index in [0.717, 1.165) is 21.3 Å². The van der Waals surface area contributed by atoms with E-state index in [1.807, 2.05) is 31.2 Å². The molecule has 0 aliphatic rings. The van der Waals surface area contributed by atoms with E-state index in [1.165, 1.54) is 6.92 Å². The van der Waals surface area contributed by atoms with Crippen molar-refractivity contribution in [3.8, 4) is 0 Å². The van der Waals surface area contributed by atoms with Gasteiger partial charge in [-0.15, -0.1) is 0 Å². The van der Waals surface area contributed by atoms with E-state index >= 15 is 0 Å². The van der Waals surface area contributed by atoms with Crippen LogP contribution in [0.3, 0.4) is 0 Å². The molecule has 1 heterocycles. The third-order valence-electron chi connectivity index (χ3n) is 3.68. The van der Waals surface area contributed by atoms with E-state index in [4.69, 9.17) is 0 Å². The number of aromatic amines is 1. The van der Waals surface area contributed by atoms with Gasteiger partial charge in [-0.3, -0.25) is 9.59 Å². The molecule has 2 aromatic rings. The molecule has 0 atom stereocenters. The minimum Gasteiger partial charge on any atom is -0.354 e. The molecule has 116 valence electrons. The minimum absolute atomic E-state index is 0.0270. The predicted octanol–water partition coefficient (Wildman–Crippen LogP) is 3.87. The fourth-order valence-corrected chi connectivity index (χ4v) is 2.88. The van der Waals surface area contributed by atoms with Crippen molar-refractivity contribution in [2.24, 2.45) is 0 Å². The first-order valence-electron chi connectivity index (χ1n) is 7.01. The number of nitrogens with zero attached hydrogens (tertiary/aromatic N) is 1. The van der Waals surface area contributed by atoms with Gasteiger partial charge in [0, 0.05) is 29.3 Å². The molecule has 2 rings (SSSR count). The number of H-pyrrole nitrogens is 1. The van der Waals surface area contributed by atoms with E-state index in [1.54, 1.807) is 18.9 Å². The number of amides is 1. The Hall–Kier alpha value is -1.88. The van der Waals surface area contributed by atoms with Crippen LogP contribution < -0.4 is 0 Å². The van der Waals surface area contributed by atoms with Gasteiger partial charge in [-0.1, -0.05) is 28.1 Å². The number of aromatic nitrogens is 1. The van der Waals surface area contributed by atoms with Crippen LogP contribution in [0.4, 0.5) is 0 Å². The van der Waals surface area contributed by atoms with Crippen LogP contribution in [0, 0.1) is 13.8 Å². The molecule has 0 bridgehead atoms. The Kier molecular flexibility index (Phi) is 4.86. The fourth-order valence-electron chi connectivity index (χ4n) is 2.62. The number of hydrogen-bond donors (Lipinski definition) is 1. The Bertz CT molecular complexity index is 717. The summed E-state index contributed by atoms with van der Waals surface area (Å²) in [6.45, 7) is 5.65. The number of halogens is 1. The zero-order valence-electron chi connectivity index (χ0n) is 13.2. The van der Waals surface area contributed by atoms with Gasteiger partial charge >= 0.3 is 0 Å². The minimum atomic E-state index is -0.115. The molecule has 0 unspecified atom stereocenters. The van der Waals surface area contributed by atoms with Crippen LogP contribution in [0.1, 0.15) is 44.6 Å². The smallest absolute Gasteiger partial charge is 0.270 e. The second-order valence-electron chi connectivity index (χ2n) is 5.47. The van der Waals surface area contributed by atoms with E-state index < -0.39 is 0 Å². The lowest BCUT2D eigenvalue weighted by Crippen LogP contribution is -2.27. The molecule has 5 heteroatoms. The van der Waals surface area contributed by atoms with E-state index in [-0.39, 0.29) is 11.7 Å². The molecule has 1 aromatic carbocycles. The number of benzene rings is 1. The summed E-state index contributed by atoms with van der Waals surface area (Å²) in [7, 11) is 1.76. The quantitative estimate of drug-likeness (QED) is 0.839. The van der Waals surface area contributed by atoms with Gasteiger partial charge in [0.05, 0.1) is 0 Å². The molecule has 0 spiro atoms. The Morgan fingerprint density at radius 1 is 1.18 bits per heavy atom. The standard InChI is InChI=1S/C17H19BrN2O2/c1-10-15(12(3)21)11(2)19-16(10)17(22)20(4)9-13-5-7-14(18)8-6-13/h5-8,19H,9H2,1-4H3. The van der Waals surface area contributed by atoms with E-state index in [0.29, 0.717) is 17.8 Å². The number of Topliss-reactive ketones (excluding diaryl/α,β-unsaturated/α-hetero) is 1. The highest BCUT2D eigenvalue weighted by Gasteiger charge is 2.22. The number of nitrogens with one attached hydrogen (secondary N) is 1. The Labute approximate surface area is 138 Å². The topological polar surface area (TPSA) is 53.2 Å². The molecule has 0 saturated heterocycles. The fraction of sp³-hybridized carbons (Fsp3) is 0.294. The lowest BCUT2D eigenvalue weighted by Gasteiger charge is -2.17. The number of hydrogen-bond acceptors (Lipinski definition) is 2. The molecule has 0 saturated carbocycles. The first-order valence-corrected chi connectivity index (χ1v) is 7.80. The van der Waals surface area contributed by atoms with Gasteiger partial charge in [0.25, 0.3) is 5.91 Å². The predicted molar refractivity (Wildman–Crippen MR) is 90.2 cm³/mol. The summed E-state index contributed by atoms with van der Waals surface area (Å²) in [5, 5.41) is 0. The molecule has 1 N–H and O–H groups in total. The van der Waals surface area contributed by atoms with Crippen molar-refractivity contribution in [1.82, 2.24) is 9.88 Å². The van der Waals surface area contributed by atoms with Gasteiger partial charge in [0.1, 0.15) is 5.69 Å². The highest BCUT2D eigenvalue weighted by Crippen LogP contribution is 2.20. The molecular formula is C17H19BrN2O2. The van der Waals surface area contributed by atoms with Crippen LogP contribution in [0.2, 0.25) is 0 Å². The summed E-state index contributed by atoms with van der Waals surface area (Å²) in [5.41, 5.74) is 3.61. The van der Waals surface area contributed by atoms with Crippen LogP contribution in [-0.4, -0.2) is 28.6 Å². The van der Waals surface area contributed by atoms with Gasteiger partial charge in [-0.05, 0) is 44.0 Å².